The van der Waals surface area contributed by atoms with Gasteiger partial charge in [-0.05, 0) is 47.3 Å². The first-order valence-electron chi connectivity index (χ1n) is 11.8. The number of hydrogen-bond donors (Lipinski definition) is 2. The van der Waals surface area contributed by atoms with Crippen LogP contribution in [0.3, 0.4) is 0 Å². The van der Waals surface area contributed by atoms with Crippen LogP contribution in [-0.4, -0.2) is 50.0 Å². The highest BCUT2D eigenvalue weighted by Gasteiger charge is 2.24. The summed E-state index contributed by atoms with van der Waals surface area (Å²) < 4.78 is 6.33. The first-order chi connectivity index (χ1) is 17.9. The van der Waals surface area contributed by atoms with Crippen molar-refractivity contribution in [2.45, 2.75) is 26.3 Å². The van der Waals surface area contributed by atoms with Crippen molar-refractivity contribution in [2.24, 2.45) is 11.0 Å². The van der Waals surface area contributed by atoms with Crippen LogP contribution in [0.4, 0.5) is 17.2 Å². The fraction of sp³-hybridized carbons (Fsp3) is 0.292. The first-order valence-corrected chi connectivity index (χ1v) is 11.8. The summed E-state index contributed by atoms with van der Waals surface area (Å²) in [5.74, 6) is 0.562. The molecular formula is C24H25N9O4. The van der Waals surface area contributed by atoms with Gasteiger partial charge in [0.25, 0.3) is 11.6 Å². The molecule has 0 bridgehead atoms. The molecule has 0 saturated carbocycles. The molecule has 13 heteroatoms. The number of nitrogens with one attached hydrogen (secondary N) is 1. The number of rotatable bonds is 7. The van der Waals surface area contributed by atoms with Crippen LogP contribution in [0.2, 0.25) is 0 Å². The van der Waals surface area contributed by atoms with Gasteiger partial charge in [-0.1, -0.05) is 25.1 Å². The Morgan fingerprint density at radius 3 is 2.78 bits per heavy atom. The third-order valence-electron chi connectivity index (χ3n) is 6.41. The number of aromatic nitrogens is 4. The van der Waals surface area contributed by atoms with Crippen molar-refractivity contribution in [3.8, 4) is 11.5 Å². The maximum absolute atomic E-state index is 12.7. The van der Waals surface area contributed by atoms with Gasteiger partial charge >= 0.3 is 0 Å². The first kappa shape index (κ1) is 23.9. The van der Waals surface area contributed by atoms with Gasteiger partial charge in [0.2, 0.25) is 0 Å². The molecule has 0 unspecified atom stereocenters. The average molecular weight is 504 g/mol. The zero-order valence-corrected chi connectivity index (χ0v) is 20.1. The van der Waals surface area contributed by atoms with Gasteiger partial charge in [-0.3, -0.25) is 14.9 Å². The van der Waals surface area contributed by atoms with Crippen molar-refractivity contribution in [3.63, 3.8) is 0 Å². The van der Waals surface area contributed by atoms with Crippen molar-refractivity contribution in [1.29, 1.82) is 0 Å². The molecule has 13 nitrogen and oxygen atoms in total. The van der Waals surface area contributed by atoms with Crippen LogP contribution in [0.5, 0.6) is 0 Å². The Kier molecular flexibility index (Phi) is 6.49. The number of nitro groups is 1. The van der Waals surface area contributed by atoms with Crippen LogP contribution < -0.4 is 16.1 Å². The van der Waals surface area contributed by atoms with Crippen molar-refractivity contribution >= 4 is 40.3 Å². The molecule has 2 aromatic heterocycles. The second kappa shape index (κ2) is 10.0. The van der Waals surface area contributed by atoms with Crippen molar-refractivity contribution < 1.29 is 14.3 Å². The van der Waals surface area contributed by atoms with E-state index in [4.69, 9.17) is 10.4 Å². The number of carbonyl (C=O) groups is 1. The van der Waals surface area contributed by atoms with E-state index >= 15 is 0 Å². The Hall–Kier alpha value is -4.81. The molecule has 2 aromatic carbocycles. The summed E-state index contributed by atoms with van der Waals surface area (Å²) in [7, 11) is 0. The number of nitrogens with two attached hydrogens (primary N) is 1. The van der Waals surface area contributed by atoms with Crippen LogP contribution in [0, 0.1) is 16.0 Å². The summed E-state index contributed by atoms with van der Waals surface area (Å²) in [6.45, 7) is 3.63. The fourth-order valence-electron chi connectivity index (χ4n) is 4.41. The molecule has 3 N–H and O–H groups in total. The van der Waals surface area contributed by atoms with Crippen molar-refractivity contribution in [1.82, 2.24) is 25.3 Å². The lowest BCUT2D eigenvalue weighted by atomic mass is 9.98. The predicted octanol–water partition coefficient (Wildman–Crippen LogP) is 2.96. The summed E-state index contributed by atoms with van der Waals surface area (Å²) in [4.78, 5) is 30.6. The number of hydrazone groups is 1. The number of carbonyl (C=O) groups excluding carboxylic acids is 1. The average Bonchev–Trinajstić information content (AvgIpc) is 3.47. The normalized spacial score (nSPS) is 14.5. The second-order valence-corrected chi connectivity index (χ2v) is 8.98. The third kappa shape index (κ3) is 4.96. The molecule has 1 saturated heterocycles. The Balaban J connectivity index is 1.32. The van der Waals surface area contributed by atoms with Crippen molar-refractivity contribution in [3.05, 3.63) is 58.1 Å². The predicted molar refractivity (Wildman–Crippen MR) is 137 cm³/mol. The maximum atomic E-state index is 12.7. The molecule has 1 aliphatic heterocycles. The lowest BCUT2D eigenvalue weighted by molar-refractivity contribution is -0.384. The standard InChI is InChI=1S/C24H25N9O4/c1-15-8-10-31(11-9-15)19-7-6-16(12-20(19)33(35)36)13-26-28-21(34)14-32-18-5-3-2-4-17(18)27-24(32)22-23(25)30-37-29-22/h2-7,12-13,15H,8-11,14H2,1H3,(H2,25,30)(H,28,34)/b26-13+. The van der Waals surface area contributed by atoms with Gasteiger partial charge in [0.05, 0.1) is 22.2 Å². The van der Waals surface area contributed by atoms with Gasteiger partial charge in [0, 0.05) is 24.7 Å². The summed E-state index contributed by atoms with van der Waals surface area (Å²) in [5.41, 5.74) is 11.0. The van der Waals surface area contributed by atoms with E-state index in [1.807, 2.05) is 23.1 Å². The number of nitrogens with zero attached hydrogens (tertiary/aromatic N) is 7. The van der Waals surface area contributed by atoms with E-state index in [-0.39, 0.29) is 28.7 Å². The molecule has 190 valence electrons. The molecule has 5 rings (SSSR count). The Morgan fingerprint density at radius 1 is 1.27 bits per heavy atom. The van der Waals surface area contributed by atoms with Crippen LogP contribution in [-0.2, 0) is 11.3 Å². The Labute approximate surface area is 211 Å². The van der Waals surface area contributed by atoms with E-state index in [0.29, 0.717) is 34.0 Å². The number of para-hydroxylation sites is 2. The summed E-state index contributed by atoms with van der Waals surface area (Å²) >= 11 is 0. The zero-order valence-electron chi connectivity index (χ0n) is 20.1. The Bertz CT molecular complexity index is 1480. The van der Waals surface area contributed by atoms with E-state index in [9.17, 15) is 14.9 Å². The quantitative estimate of drug-likeness (QED) is 0.218. The number of imidazole rings is 1. The second-order valence-electron chi connectivity index (χ2n) is 8.98. The van der Waals surface area contributed by atoms with Gasteiger partial charge < -0.3 is 15.2 Å². The highest BCUT2D eigenvalue weighted by molar-refractivity contribution is 5.87. The number of piperidine rings is 1. The number of nitro benzene ring substituents is 1. The van der Waals surface area contributed by atoms with E-state index in [1.54, 1.807) is 22.8 Å². The molecule has 0 radical (unpaired) electrons. The van der Waals surface area contributed by atoms with Crippen LogP contribution in [0.15, 0.2) is 52.2 Å². The van der Waals surface area contributed by atoms with Crippen LogP contribution in [0.25, 0.3) is 22.6 Å². The number of anilines is 2. The smallest absolute Gasteiger partial charge is 0.293 e. The van der Waals surface area contributed by atoms with Gasteiger partial charge in [-0.15, -0.1) is 0 Å². The highest BCUT2D eigenvalue weighted by Crippen LogP contribution is 2.32. The molecule has 1 amide bonds. The summed E-state index contributed by atoms with van der Waals surface area (Å²) in [5, 5.41) is 23.1. The molecular weight excluding hydrogens is 478 g/mol. The van der Waals surface area contributed by atoms with E-state index < -0.39 is 5.91 Å². The number of nitrogen functional groups attached to an aromatic ring is 1. The number of amides is 1. The van der Waals surface area contributed by atoms with Crippen LogP contribution in [0.1, 0.15) is 25.3 Å². The van der Waals surface area contributed by atoms with E-state index in [2.05, 4.69) is 32.7 Å². The van der Waals surface area contributed by atoms with Gasteiger partial charge in [0.15, 0.2) is 17.3 Å². The maximum Gasteiger partial charge on any atom is 0.293 e. The monoisotopic (exact) mass is 503 g/mol. The summed E-state index contributed by atoms with van der Waals surface area (Å²) in [6.07, 6.45) is 3.37. The van der Waals surface area contributed by atoms with E-state index in [0.717, 1.165) is 25.9 Å². The topological polar surface area (TPSA) is 171 Å². The molecule has 4 aromatic rings. The lowest BCUT2D eigenvalue weighted by Gasteiger charge is -2.31. The molecule has 0 spiro atoms. The zero-order chi connectivity index (χ0) is 25.9. The third-order valence-corrected chi connectivity index (χ3v) is 6.41. The Morgan fingerprint density at radius 2 is 2.05 bits per heavy atom. The largest absolute Gasteiger partial charge is 0.379 e. The molecule has 37 heavy (non-hydrogen) atoms. The highest BCUT2D eigenvalue weighted by atomic mass is 16.6. The molecule has 1 aliphatic rings. The minimum atomic E-state index is -0.441. The molecule has 1 fully saturated rings. The van der Waals surface area contributed by atoms with Gasteiger partial charge in [0.1, 0.15) is 12.2 Å². The number of hydrogen-bond acceptors (Lipinski definition) is 10. The fourth-order valence-corrected chi connectivity index (χ4v) is 4.41. The molecule has 0 aliphatic carbocycles. The van der Waals surface area contributed by atoms with Crippen molar-refractivity contribution in [2.75, 3.05) is 23.7 Å². The molecule has 3 heterocycles. The molecule has 0 atom stereocenters. The number of fused-ring (bicyclic) bond motifs is 1. The van der Waals surface area contributed by atoms with Gasteiger partial charge in [-0.25, -0.2) is 15.0 Å². The minimum absolute atomic E-state index is 0.0122. The minimum Gasteiger partial charge on any atom is -0.379 e. The lowest BCUT2D eigenvalue weighted by Crippen LogP contribution is -2.33. The summed E-state index contributed by atoms with van der Waals surface area (Å²) in [6, 6.07) is 12.2. The SMILES string of the molecule is CC1CCN(c2ccc(/C=N/NC(=O)Cn3c(-c4nonc4N)nc4ccccc43)cc2[N+](=O)[O-])CC1. The number of benzene rings is 2. The van der Waals surface area contributed by atoms with Gasteiger partial charge in [-0.2, -0.15) is 5.10 Å². The van der Waals surface area contributed by atoms with Crippen LogP contribution >= 0.6 is 0 Å². The van der Waals surface area contributed by atoms with E-state index in [1.165, 1.54) is 12.3 Å².